The Morgan fingerprint density at radius 1 is 1.37 bits per heavy atom. The van der Waals surface area contributed by atoms with Gasteiger partial charge in [0, 0.05) is 25.7 Å². The van der Waals surface area contributed by atoms with E-state index in [1.54, 1.807) is 16.8 Å². The number of nitrogens with one attached hydrogen (secondary N) is 1. The van der Waals surface area contributed by atoms with Gasteiger partial charge in [-0.05, 0) is 30.7 Å². The van der Waals surface area contributed by atoms with Crippen LogP contribution in [0.25, 0.3) is 0 Å². The van der Waals surface area contributed by atoms with Crippen molar-refractivity contribution in [2.75, 3.05) is 6.54 Å². The average Bonchev–Trinajstić information content (AvgIpc) is 2.75. The van der Waals surface area contributed by atoms with Crippen molar-refractivity contribution in [1.82, 2.24) is 20.3 Å². The number of rotatable bonds is 6. The Labute approximate surface area is 112 Å². The highest BCUT2D eigenvalue weighted by molar-refractivity contribution is 5.18. The molecule has 5 heteroatoms. The summed E-state index contributed by atoms with van der Waals surface area (Å²) in [4.78, 5) is 0. The first-order valence-corrected chi connectivity index (χ1v) is 6.50. The molecule has 102 valence electrons. The van der Waals surface area contributed by atoms with Gasteiger partial charge in [0.15, 0.2) is 0 Å². The number of nitrogens with zero attached hydrogens (tertiary/aromatic N) is 3. The van der Waals surface area contributed by atoms with Crippen LogP contribution in [0.4, 0.5) is 4.39 Å². The number of hydrogen-bond acceptors (Lipinski definition) is 3. The Morgan fingerprint density at radius 3 is 2.84 bits per heavy atom. The molecule has 1 heterocycles. The molecule has 0 radical (unpaired) electrons. The van der Waals surface area contributed by atoms with Crippen LogP contribution in [0.5, 0.6) is 0 Å². The smallest absolute Gasteiger partial charge is 0.123 e. The first-order chi connectivity index (χ1) is 9.17. The predicted octanol–water partition coefficient (Wildman–Crippen LogP) is 1.72. The number of hydrogen-bond donors (Lipinski definition) is 1. The van der Waals surface area contributed by atoms with E-state index >= 15 is 0 Å². The van der Waals surface area contributed by atoms with Gasteiger partial charge in [-0.1, -0.05) is 24.3 Å². The molecule has 1 N–H and O–H groups in total. The van der Waals surface area contributed by atoms with E-state index in [9.17, 15) is 4.39 Å². The summed E-state index contributed by atoms with van der Waals surface area (Å²) < 4.78 is 14.9. The lowest BCUT2D eigenvalue weighted by atomic mass is 10.0. The van der Waals surface area contributed by atoms with Crippen LogP contribution in [0.2, 0.25) is 0 Å². The van der Waals surface area contributed by atoms with Crippen molar-refractivity contribution in [1.29, 1.82) is 0 Å². The summed E-state index contributed by atoms with van der Waals surface area (Å²) in [6.45, 7) is 2.94. The first kappa shape index (κ1) is 13.7. The summed E-state index contributed by atoms with van der Waals surface area (Å²) in [6.07, 6.45) is 3.48. The Morgan fingerprint density at radius 2 is 2.21 bits per heavy atom. The third-order valence-electron chi connectivity index (χ3n) is 2.97. The molecule has 0 saturated carbocycles. The van der Waals surface area contributed by atoms with Gasteiger partial charge in [0.2, 0.25) is 0 Å². The van der Waals surface area contributed by atoms with Crippen LogP contribution in [-0.2, 0) is 19.9 Å². The molecule has 0 aliphatic heterocycles. The van der Waals surface area contributed by atoms with Gasteiger partial charge in [0.1, 0.15) is 5.82 Å². The third-order valence-corrected chi connectivity index (χ3v) is 2.97. The van der Waals surface area contributed by atoms with Crippen molar-refractivity contribution >= 4 is 0 Å². The summed E-state index contributed by atoms with van der Waals surface area (Å²) in [6, 6.07) is 6.98. The van der Waals surface area contributed by atoms with Gasteiger partial charge in [0.25, 0.3) is 0 Å². The average molecular weight is 262 g/mol. The zero-order chi connectivity index (χ0) is 13.7. The van der Waals surface area contributed by atoms with Crippen molar-refractivity contribution in [3.05, 3.63) is 47.5 Å². The third kappa shape index (κ3) is 4.13. The summed E-state index contributed by atoms with van der Waals surface area (Å²) >= 11 is 0. The zero-order valence-corrected chi connectivity index (χ0v) is 11.3. The zero-order valence-electron chi connectivity index (χ0n) is 11.3. The molecular formula is C14H19FN4. The second-order valence-electron chi connectivity index (χ2n) is 4.68. The van der Waals surface area contributed by atoms with Gasteiger partial charge in [-0.15, -0.1) is 5.10 Å². The van der Waals surface area contributed by atoms with Crippen LogP contribution in [0, 0.1) is 5.82 Å². The summed E-state index contributed by atoms with van der Waals surface area (Å²) in [5.74, 6) is -0.188. The van der Waals surface area contributed by atoms with E-state index in [2.05, 4.69) is 22.6 Å². The molecule has 4 nitrogen and oxygen atoms in total. The van der Waals surface area contributed by atoms with Crippen LogP contribution >= 0.6 is 0 Å². The van der Waals surface area contributed by atoms with Crippen LogP contribution in [0.15, 0.2) is 30.5 Å². The number of aryl methyl sites for hydroxylation is 1. The van der Waals surface area contributed by atoms with E-state index < -0.39 is 0 Å². The fraction of sp³-hybridized carbons (Fsp3) is 0.429. The molecule has 0 bridgehead atoms. The van der Waals surface area contributed by atoms with E-state index in [0.29, 0.717) is 0 Å². The molecule has 0 spiro atoms. The molecule has 0 aliphatic rings. The SMILES string of the molecule is CCNC(Cc1cccc(F)c1)Cc1cn(C)nn1. The first-order valence-electron chi connectivity index (χ1n) is 6.50. The molecule has 19 heavy (non-hydrogen) atoms. The maximum atomic E-state index is 13.2. The lowest BCUT2D eigenvalue weighted by Crippen LogP contribution is -2.33. The van der Waals surface area contributed by atoms with Crippen molar-refractivity contribution in [2.45, 2.75) is 25.8 Å². The van der Waals surface area contributed by atoms with Crippen LogP contribution in [0.3, 0.4) is 0 Å². The second kappa shape index (κ2) is 6.43. The van der Waals surface area contributed by atoms with Crippen LogP contribution in [0.1, 0.15) is 18.2 Å². The van der Waals surface area contributed by atoms with Gasteiger partial charge in [-0.25, -0.2) is 4.39 Å². The highest BCUT2D eigenvalue weighted by Gasteiger charge is 2.12. The number of halogens is 1. The minimum absolute atomic E-state index is 0.188. The molecule has 0 fully saturated rings. The van der Waals surface area contributed by atoms with Gasteiger partial charge in [0.05, 0.1) is 5.69 Å². The van der Waals surface area contributed by atoms with Gasteiger partial charge >= 0.3 is 0 Å². The lowest BCUT2D eigenvalue weighted by molar-refractivity contribution is 0.514. The maximum absolute atomic E-state index is 13.2. The normalized spacial score (nSPS) is 12.6. The van der Waals surface area contributed by atoms with Crippen molar-refractivity contribution in [2.24, 2.45) is 7.05 Å². The molecule has 1 atom stereocenters. The lowest BCUT2D eigenvalue weighted by Gasteiger charge is -2.16. The van der Waals surface area contributed by atoms with E-state index in [0.717, 1.165) is 30.6 Å². The molecule has 0 saturated heterocycles. The predicted molar refractivity (Wildman–Crippen MR) is 72.3 cm³/mol. The minimum atomic E-state index is -0.188. The Bertz CT molecular complexity index is 524. The number of aromatic nitrogens is 3. The molecule has 1 unspecified atom stereocenters. The monoisotopic (exact) mass is 262 g/mol. The maximum Gasteiger partial charge on any atom is 0.123 e. The van der Waals surface area contributed by atoms with Crippen molar-refractivity contribution in [3.63, 3.8) is 0 Å². The molecule has 1 aromatic heterocycles. The van der Waals surface area contributed by atoms with Crippen LogP contribution in [-0.4, -0.2) is 27.6 Å². The van der Waals surface area contributed by atoms with Gasteiger partial charge in [-0.2, -0.15) is 0 Å². The molecule has 0 amide bonds. The summed E-state index contributed by atoms with van der Waals surface area (Å²) in [7, 11) is 1.85. The van der Waals surface area contributed by atoms with E-state index in [-0.39, 0.29) is 11.9 Å². The molecular weight excluding hydrogens is 243 g/mol. The molecule has 0 aliphatic carbocycles. The second-order valence-corrected chi connectivity index (χ2v) is 4.68. The molecule has 1 aromatic carbocycles. The Balaban J connectivity index is 2.03. The topological polar surface area (TPSA) is 42.7 Å². The molecule has 2 rings (SSSR count). The fourth-order valence-corrected chi connectivity index (χ4v) is 2.19. The van der Waals surface area contributed by atoms with Crippen LogP contribution < -0.4 is 5.32 Å². The largest absolute Gasteiger partial charge is 0.314 e. The fourth-order valence-electron chi connectivity index (χ4n) is 2.19. The van der Waals surface area contributed by atoms with E-state index in [1.165, 1.54) is 6.07 Å². The Hall–Kier alpha value is -1.75. The summed E-state index contributed by atoms with van der Waals surface area (Å²) in [5.41, 5.74) is 1.94. The Kier molecular flexibility index (Phi) is 4.63. The number of likely N-dealkylation sites (N-methyl/N-ethyl adjacent to an activating group) is 1. The highest BCUT2D eigenvalue weighted by Crippen LogP contribution is 2.09. The van der Waals surface area contributed by atoms with Gasteiger partial charge < -0.3 is 5.32 Å². The van der Waals surface area contributed by atoms with Crippen molar-refractivity contribution in [3.8, 4) is 0 Å². The highest BCUT2D eigenvalue weighted by atomic mass is 19.1. The number of benzene rings is 1. The standard InChI is InChI=1S/C14H19FN4/c1-3-16-13(9-14-10-19(2)18-17-14)8-11-5-4-6-12(15)7-11/h4-7,10,13,16H,3,8-9H2,1-2H3. The molecule has 2 aromatic rings. The summed E-state index contributed by atoms with van der Waals surface area (Å²) in [5, 5.41) is 11.4. The van der Waals surface area contributed by atoms with Crippen molar-refractivity contribution < 1.29 is 4.39 Å². The van der Waals surface area contributed by atoms with E-state index in [1.807, 2.05) is 19.3 Å². The minimum Gasteiger partial charge on any atom is -0.314 e. The quantitative estimate of drug-likeness (QED) is 0.862. The van der Waals surface area contributed by atoms with E-state index in [4.69, 9.17) is 0 Å². The van der Waals surface area contributed by atoms with Gasteiger partial charge in [-0.3, -0.25) is 4.68 Å².